The van der Waals surface area contributed by atoms with E-state index in [9.17, 15) is 4.79 Å². The molecular weight excluding hydrogens is 326 g/mol. The predicted octanol–water partition coefficient (Wildman–Crippen LogP) is 3.20. The second kappa shape index (κ2) is 6.26. The van der Waals surface area contributed by atoms with Gasteiger partial charge in [0, 0.05) is 35.7 Å². The Morgan fingerprint density at radius 1 is 1.21 bits per heavy atom. The van der Waals surface area contributed by atoms with Crippen LogP contribution < -0.4 is 0 Å². The van der Waals surface area contributed by atoms with Gasteiger partial charge in [-0.2, -0.15) is 0 Å². The second-order valence-corrected chi connectivity index (χ2v) is 6.12. The minimum Gasteiger partial charge on any atom is -0.370 e. The Balaban J connectivity index is 1.61. The standard InChI is InChI=1S/C18H16ClN3O2/c19-15-6-2-1-4-13(15)16-12-22(10-11-24-16)18(23)14-5-3-8-21-9-7-20-17(14)21/h1-9,16H,10-12H2. The zero-order valence-electron chi connectivity index (χ0n) is 12.9. The van der Waals surface area contributed by atoms with Crippen LogP contribution in [0.5, 0.6) is 0 Å². The lowest BCUT2D eigenvalue weighted by Crippen LogP contribution is -2.42. The van der Waals surface area contributed by atoms with Gasteiger partial charge in [-0.05, 0) is 18.2 Å². The highest BCUT2D eigenvalue weighted by molar-refractivity contribution is 6.31. The average Bonchev–Trinajstić information content (AvgIpc) is 3.10. The maximum Gasteiger partial charge on any atom is 0.257 e. The van der Waals surface area contributed by atoms with Crippen LogP contribution in [0.2, 0.25) is 5.02 Å². The maximum atomic E-state index is 13.0. The smallest absolute Gasteiger partial charge is 0.257 e. The molecule has 1 atom stereocenters. The van der Waals surface area contributed by atoms with Gasteiger partial charge in [0.05, 0.1) is 18.7 Å². The van der Waals surface area contributed by atoms with Gasteiger partial charge in [0.2, 0.25) is 0 Å². The molecule has 0 spiro atoms. The Labute approximate surface area is 144 Å². The van der Waals surface area contributed by atoms with E-state index in [0.717, 1.165) is 5.56 Å². The summed E-state index contributed by atoms with van der Waals surface area (Å²) in [6.07, 6.45) is 5.19. The van der Waals surface area contributed by atoms with Crippen LogP contribution in [-0.4, -0.2) is 39.9 Å². The number of hydrogen-bond acceptors (Lipinski definition) is 3. The monoisotopic (exact) mass is 341 g/mol. The van der Waals surface area contributed by atoms with E-state index in [-0.39, 0.29) is 12.0 Å². The third kappa shape index (κ3) is 2.66. The van der Waals surface area contributed by atoms with Gasteiger partial charge < -0.3 is 14.0 Å². The fourth-order valence-corrected chi connectivity index (χ4v) is 3.30. The van der Waals surface area contributed by atoms with Crippen LogP contribution in [0.1, 0.15) is 22.0 Å². The zero-order valence-corrected chi connectivity index (χ0v) is 13.7. The number of pyridine rings is 1. The summed E-state index contributed by atoms with van der Waals surface area (Å²) in [5.41, 5.74) is 2.18. The number of rotatable bonds is 2. The topological polar surface area (TPSA) is 46.8 Å². The van der Waals surface area contributed by atoms with Crippen molar-refractivity contribution in [2.24, 2.45) is 0 Å². The van der Waals surface area contributed by atoms with Crippen LogP contribution in [0, 0.1) is 0 Å². The molecule has 1 amide bonds. The summed E-state index contributed by atoms with van der Waals surface area (Å²) >= 11 is 6.27. The van der Waals surface area contributed by atoms with E-state index in [4.69, 9.17) is 16.3 Å². The van der Waals surface area contributed by atoms with Crippen molar-refractivity contribution in [2.45, 2.75) is 6.10 Å². The van der Waals surface area contributed by atoms with Gasteiger partial charge in [-0.3, -0.25) is 4.79 Å². The molecule has 6 heteroatoms. The molecule has 4 rings (SSSR count). The SMILES string of the molecule is O=C(c1cccn2ccnc12)N1CCOC(c2ccccc2Cl)C1. The lowest BCUT2D eigenvalue weighted by molar-refractivity contribution is -0.0227. The van der Waals surface area contributed by atoms with Gasteiger partial charge in [0.15, 0.2) is 0 Å². The van der Waals surface area contributed by atoms with Crippen molar-refractivity contribution in [3.63, 3.8) is 0 Å². The predicted molar refractivity (Wildman–Crippen MR) is 91.2 cm³/mol. The van der Waals surface area contributed by atoms with E-state index in [1.165, 1.54) is 0 Å². The van der Waals surface area contributed by atoms with Crippen LogP contribution in [-0.2, 0) is 4.74 Å². The molecule has 3 heterocycles. The van der Waals surface area contributed by atoms with E-state index in [2.05, 4.69) is 4.98 Å². The average molecular weight is 342 g/mol. The first-order valence-corrected chi connectivity index (χ1v) is 8.19. The van der Waals surface area contributed by atoms with Crippen molar-refractivity contribution in [3.05, 3.63) is 71.1 Å². The lowest BCUT2D eigenvalue weighted by Gasteiger charge is -2.33. The summed E-state index contributed by atoms with van der Waals surface area (Å²) in [5, 5.41) is 0.659. The van der Waals surface area contributed by atoms with Gasteiger partial charge in [0.1, 0.15) is 11.8 Å². The van der Waals surface area contributed by atoms with Gasteiger partial charge >= 0.3 is 0 Å². The Bertz CT molecular complexity index is 893. The summed E-state index contributed by atoms with van der Waals surface area (Å²) in [5.74, 6) is -0.0350. The Morgan fingerprint density at radius 3 is 2.96 bits per heavy atom. The molecule has 0 N–H and O–H groups in total. The first kappa shape index (κ1) is 15.2. The van der Waals surface area contributed by atoms with Crippen LogP contribution in [0.25, 0.3) is 5.65 Å². The largest absolute Gasteiger partial charge is 0.370 e. The first-order valence-electron chi connectivity index (χ1n) is 7.81. The van der Waals surface area contributed by atoms with Crippen LogP contribution in [0.4, 0.5) is 0 Å². The maximum absolute atomic E-state index is 13.0. The van der Waals surface area contributed by atoms with Gasteiger partial charge in [-0.1, -0.05) is 29.8 Å². The number of nitrogens with zero attached hydrogens (tertiary/aromatic N) is 3. The Morgan fingerprint density at radius 2 is 2.08 bits per heavy atom. The highest BCUT2D eigenvalue weighted by atomic mass is 35.5. The third-order valence-electron chi connectivity index (χ3n) is 4.26. The number of imidazole rings is 1. The molecule has 24 heavy (non-hydrogen) atoms. The lowest BCUT2D eigenvalue weighted by atomic mass is 10.1. The normalized spacial score (nSPS) is 18.0. The number of carbonyl (C=O) groups excluding carboxylic acids is 1. The Hall–Kier alpha value is -2.37. The number of ether oxygens (including phenoxy) is 1. The highest BCUT2D eigenvalue weighted by Crippen LogP contribution is 2.29. The summed E-state index contributed by atoms with van der Waals surface area (Å²) in [7, 11) is 0. The Kier molecular flexibility index (Phi) is 3.96. The van der Waals surface area contributed by atoms with Crippen molar-refractivity contribution in [1.29, 1.82) is 0 Å². The fourth-order valence-electron chi connectivity index (χ4n) is 3.04. The van der Waals surface area contributed by atoms with Gasteiger partial charge in [-0.15, -0.1) is 0 Å². The molecule has 2 aromatic heterocycles. The molecule has 5 nitrogen and oxygen atoms in total. The summed E-state index contributed by atoms with van der Waals surface area (Å²) in [6.45, 7) is 1.52. The first-order chi connectivity index (χ1) is 11.7. The van der Waals surface area contributed by atoms with Crippen molar-refractivity contribution in [3.8, 4) is 0 Å². The molecule has 0 bridgehead atoms. The van der Waals surface area contributed by atoms with Gasteiger partial charge in [-0.25, -0.2) is 4.98 Å². The van der Waals surface area contributed by atoms with E-state index >= 15 is 0 Å². The highest BCUT2D eigenvalue weighted by Gasteiger charge is 2.28. The van der Waals surface area contributed by atoms with Crippen LogP contribution in [0.15, 0.2) is 55.0 Å². The number of hydrogen-bond donors (Lipinski definition) is 0. The molecule has 1 unspecified atom stereocenters. The molecule has 122 valence electrons. The number of fused-ring (bicyclic) bond motifs is 1. The van der Waals surface area contributed by atoms with Crippen LogP contribution in [0.3, 0.4) is 0 Å². The summed E-state index contributed by atoms with van der Waals surface area (Å²) < 4.78 is 7.68. The summed E-state index contributed by atoms with van der Waals surface area (Å²) in [4.78, 5) is 19.1. The molecule has 0 radical (unpaired) electrons. The number of carbonyl (C=O) groups is 1. The van der Waals surface area contributed by atoms with Crippen molar-refractivity contribution < 1.29 is 9.53 Å². The molecule has 0 saturated carbocycles. The summed E-state index contributed by atoms with van der Waals surface area (Å²) in [6, 6.07) is 11.3. The van der Waals surface area contributed by atoms with E-state index in [1.807, 2.05) is 58.1 Å². The van der Waals surface area contributed by atoms with Crippen molar-refractivity contribution in [1.82, 2.24) is 14.3 Å². The number of morpholine rings is 1. The molecule has 1 aromatic carbocycles. The number of amides is 1. The minimum atomic E-state index is -0.212. The van der Waals surface area contributed by atoms with E-state index in [0.29, 0.717) is 35.9 Å². The van der Waals surface area contributed by atoms with Crippen molar-refractivity contribution in [2.75, 3.05) is 19.7 Å². The molecule has 3 aromatic rings. The van der Waals surface area contributed by atoms with E-state index in [1.54, 1.807) is 6.20 Å². The number of aromatic nitrogens is 2. The second-order valence-electron chi connectivity index (χ2n) is 5.71. The molecule has 0 aliphatic carbocycles. The molecule has 1 aliphatic heterocycles. The minimum absolute atomic E-state index is 0.0350. The zero-order chi connectivity index (χ0) is 16.5. The fraction of sp³-hybridized carbons (Fsp3) is 0.222. The van der Waals surface area contributed by atoms with Crippen LogP contribution >= 0.6 is 11.6 Å². The third-order valence-corrected chi connectivity index (χ3v) is 4.60. The van der Waals surface area contributed by atoms with E-state index < -0.39 is 0 Å². The molecular formula is C18H16ClN3O2. The quantitative estimate of drug-likeness (QED) is 0.719. The van der Waals surface area contributed by atoms with Crippen molar-refractivity contribution >= 4 is 23.2 Å². The molecule has 1 aliphatic rings. The number of benzene rings is 1. The number of halogens is 1. The molecule has 1 saturated heterocycles. The molecule has 1 fully saturated rings. The van der Waals surface area contributed by atoms with Gasteiger partial charge in [0.25, 0.3) is 5.91 Å².